The summed E-state index contributed by atoms with van der Waals surface area (Å²) in [6, 6.07) is 20.2. The first-order valence-corrected chi connectivity index (χ1v) is 14.9. The standard InChI is InChI=1S/C31H30F3N3Te/c1-18-27-26(35-28(38-27)20-13-11-19(12-14-20)17-30(5,6)31(32,33)34)25(37-36-18)22-15-21-9-7-8-10-23(21)24(16-22)29(2,3)4/h7-16H,17H2,1-6H3. The number of aromatic nitrogens is 3. The maximum absolute atomic E-state index is 13.4. The van der Waals surface area contributed by atoms with Crippen LogP contribution in [0.2, 0.25) is 0 Å². The van der Waals surface area contributed by atoms with E-state index >= 15 is 0 Å². The number of hydrogen-bond donors (Lipinski definition) is 0. The van der Waals surface area contributed by atoms with E-state index < -0.39 is 32.0 Å². The van der Waals surface area contributed by atoms with Crippen molar-refractivity contribution < 1.29 is 13.2 Å². The van der Waals surface area contributed by atoms with Gasteiger partial charge < -0.3 is 0 Å². The van der Waals surface area contributed by atoms with Crippen molar-refractivity contribution in [3.8, 4) is 20.5 Å². The molecule has 38 heavy (non-hydrogen) atoms. The second-order valence-corrected chi connectivity index (χ2v) is 14.4. The first-order chi connectivity index (χ1) is 17.7. The number of benzene rings is 3. The molecule has 0 atom stereocenters. The minimum absolute atomic E-state index is 0.0536. The van der Waals surface area contributed by atoms with Crippen LogP contribution >= 0.6 is 0 Å². The van der Waals surface area contributed by atoms with E-state index in [-0.39, 0.29) is 11.8 Å². The van der Waals surface area contributed by atoms with Crippen molar-refractivity contribution in [2.24, 2.45) is 5.41 Å². The molecule has 0 aliphatic rings. The molecule has 0 radical (unpaired) electrons. The molecule has 0 bridgehead atoms. The summed E-state index contributed by atoms with van der Waals surface area (Å²) < 4.78 is 42.3. The predicted octanol–water partition coefficient (Wildman–Crippen LogP) is 8.31. The van der Waals surface area contributed by atoms with Crippen LogP contribution in [0.15, 0.2) is 60.7 Å². The maximum atomic E-state index is 13.4. The zero-order valence-corrected chi connectivity index (χ0v) is 24.7. The molecule has 0 aliphatic heterocycles. The summed E-state index contributed by atoms with van der Waals surface area (Å²) in [4.78, 5) is 5.07. The van der Waals surface area contributed by atoms with Gasteiger partial charge in [-0.25, -0.2) is 0 Å². The van der Waals surface area contributed by atoms with Crippen molar-refractivity contribution >= 4 is 40.1 Å². The van der Waals surface area contributed by atoms with E-state index in [1.807, 2.05) is 25.1 Å². The third-order valence-corrected chi connectivity index (χ3v) is 10.5. The third kappa shape index (κ3) is 4.99. The summed E-state index contributed by atoms with van der Waals surface area (Å²) in [5.41, 5.74) is 4.59. The average molecular weight is 629 g/mol. The molecule has 7 heteroatoms. The predicted molar refractivity (Wildman–Crippen MR) is 150 cm³/mol. The van der Waals surface area contributed by atoms with Gasteiger partial charge in [-0.3, -0.25) is 0 Å². The van der Waals surface area contributed by atoms with Crippen LogP contribution in [0.1, 0.15) is 51.4 Å². The number of hydrogen-bond acceptors (Lipinski definition) is 3. The molecule has 0 amide bonds. The first-order valence-electron chi connectivity index (χ1n) is 12.6. The van der Waals surface area contributed by atoms with E-state index in [1.165, 1.54) is 28.2 Å². The molecule has 0 saturated heterocycles. The number of rotatable bonds is 4. The van der Waals surface area contributed by atoms with Crippen LogP contribution in [-0.2, 0) is 11.8 Å². The van der Waals surface area contributed by atoms with E-state index in [0.717, 1.165) is 37.1 Å². The molecule has 196 valence electrons. The van der Waals surface area contributed by atoms with Crippen molar-refractivity contribution in [1.82, 2.24) is 15.2 Å². The Morgan fingerprint density at radius 1 is 0.816 bits per heavy atom. The summed E-state index contributed by atoms with van der Waals surface area (Å²) in [5.74, 6) is 0. The quantitative estimate of drug-likeness (QED) is 0.188. The molecule has 5 aromatic rings. The molecule has 3 aromatic carbocycles. The molecule has 0 fully saturated rings. The molecule has 0 spiro atoms. The number of nitrogens with zero attached hydrogens (tertiary/aromatic N) is 3. The number of aryl methyl sites for hydroxylation is 1. The Hall–Kier alpha value is -2.75. The Kier molecular flexibility index (Phi) is 6.69. The zero-order valence-electron chi connectivity index (χ0n) is 22.4. The molecule has 5 rings (SSSR count). The Labute approximate surface area is 230 Å². The molecule has 2 heterocycles. The second kappa shape index (κ2) is 9.46. The van der Waals surface area contributed by atoms with Gasteiger partial charge >= 0.3 is 231 Å². The van der Waals surface area contributed by atoms with Crippen molar-refractivity contribution in [1.29, 1.82) is 0 Å². The second-order valence-electron chi connectivity index (χ2n) is 11.6. The van der Waals surface area contributed by atoms with Crippen LogP contribution in [0, 0.1) is 12.3 Å². The van der Waals surface area contributed by atoms with Gasteiger partial charge in [-0.2, -0.15) is 0 Å². The van der Waals surface area contributed by atoms with Crippen LogP contribution in [0.25, 0.3) is 40.2 Å². The molecule has 0 aliphatic carbocycles. The van der Waals surface area contributed by atoms with E-state index in [9.17, 15) is 13.2 Å². The van der Waals surface area contributed by atoms with E-state index in [1.54, 1.807) is 12.1 Å². The van der Waals surface area contributed by atoms with Gasteiger partial charge in [0.25, 0.3) is 0 Å². The fourth-order valence-electron chi connectivity index (χ4n) is 4.71. The Balaban J connectivity index is 1.59. The van der Waals surface area contributed by atoms with E-state index in [0.29, 0.717) is 5.56 Å². The van der Waals surface area contributed by atoms with Gasteiger partial charge in [0.15, 0.2) is 0 Å². The monoisotopic (exact) mass is 631 g/mol. The molecule has 0 saturated carbocycles. The Bertz CT molecular complexity index is 1640. The summed E-state index contributed by atoms with van der Waals surface area (Å²) in [6.45, 7) is 11.1. The SMILES string of the molecule is Cc1nnc(-c2cc(C(C)(C)C)c3ccccc3c2)c2nc(-c3ccc(CC(C)(C)C(F)(F)F)cc3)[te]c12. The van der Waals surface area contributed by atoms with Gasteiger partial charge in [-0.05, 0) is 0 Å². The zero-order chi connectivity index (χ0) is 27.5. The topological polar surface area (TPSA) is 38.7 Å². The first kappa shape index (κ1) is 26.8. The molecule has 0 N–H and O–H groups in total. The van der Waals surface area contributed by atoms with E-state index in [2.05, 4.69) is 61.3 Å². The van der Waals surface area contributed by atoms with Crippen LogP contribution in [0.4, 0.5) is 13.2 Å². The summed E-state index contributed by atoms with van der Waals surface area (Å²) >= 11 is -0.829. The number of halogens is 3. The van der Waals surface area contributed by atoms with Gasteiger partial charge in [-0.15, -0.1) is 0 Å². The Morgan fingerprint density at radius 2 is 1.50 bits per heavy atom. The van der Waals surface area contributed by atoms with Crippen molar-refractivity contribution in [2.75, 3.05) is 0 Å². The van der Waals surface area contributed by atoms with Crippen LogP contribution in [-0.4, -0.2) is 41.8 Å². The van der Waals surface area contributed by atoms with Gasteiger partial charge in [0.1, 0.15) is 0 Å². The Morgan fingerprint density at radius 3 is 2.16 bits per heavy atom. The average Bonchev–Trinajstić information content (AvgIpc) is 3.29. The van der Waals surface area contributed by atoms with Gasteiger partial charge in [0, 0.05) is 0 Å². The van der Waals surface area contributed by atoms with Crippen LogP contribution in [0.5, 0.6) is 0 Å². The van der Waals surface area contributed by atoms with E-state index in [4.69, 9.17) is 4.98 Å². The van der Waals surface area contributed by atoms with Crippen LogP contribution < -0.4 is 0 Å². The molecule has 0 unspecified atom stereocenters. The summed E-state index contributed by atoms with van der Waals surface area (Å²) in [7, 11) is 0. The normalized spacial score (nSPS) is 13.0. The number of fused-ring (bicyclic) bond motifs is 2. The van der Waals surface area contributed by atoms with Gasteiger partial charge in [-0.1, -0.05) is 0 Å². The van der Waals surface area contributed by atoms with Crippen molar-refractivity contribution in [3.63, 3.8) is 0 Å². The molecular weight excluding hydrogens is 599 g/mol. The molecular formula is C31H30F3N3Te. The number of alkyl halides is 3. The van der Waals surface area contributed by atoms with Gasteiger partial charge in [0.2, 0.25) is 0 Å². The summed E-state index contributed by atoms with van der Waals surface area (Å²) in [5, 5.41) is 11.5. The molecule has 3 nitrogen and oxygen atoms in total. The van der Waals surface area contributed by atoms with Crippen molar-refractivity contribution in [2.45, 2.75) is 59.6 Å². The van der Waals surface area contributed by atoms with Crippen molar-refractivity contribution in [3.05, 3.63) is 77.5 Å². The fourth-order valence-corrected chi connectivity index (χ4v) is 7.59. The summed E-state index contributed by atoms with van der Waals surface area (Å²) in [6.07, 6.45) is -4.31. The minimum atomic E-state index is -4.25. The molecule has 2 aromatic heterocycles. The third-order valence-electron chi connectivity index (χ3n) is 7.04. The van der Waals surface area contributed by atoms with Crippen LogP contribution in [0.3, 0.4) is 0 Å². The van der Waals surface area contributed by atoms with Gasteiger partial charge in [0.05, 0.1) is 0 Å². The fraction of sp³-hybridized carbons (Fsp3) is 0.323.